The van der Waals surface area contributed by atoms with Crippen molar-refractivity contribution in [3.8, 4) is 0 Å². The summed E-state index contributed by atoms with van der Waals surface area (Å²) in [6.45, 7) is 3.41. The van der Waals surface area contributed by atoms with Crippen LogP contribution in [0.4, 0.5) is 10.1 Å². The lowest BCUT2D eigenvalue weighted by Crippen LogP contribution is -2.19. The Bertz CT molecular complexity index is 461. The van der Waals surface area contributed by atoms with Gasteiger partial charge in [0.25, 0.3) is 0 Å². The number of benzene rings is 1. The summed E-state index contributed by atoms with van der Waals surface area (Å²) in [5.74, 6) is 0. The van der Waals surface area contributed by atoms with E-state index in [2.05, 4.69) is 17.5 Å². The van der Waals surface area contributed by atoms with Crippen molar-refractivity contribution in [3.63, 3.8) is 0 Å². The molecular weight excluding hydrogens is 247 g/mol. The third kappa shape index (κ3) is 2.64. The highest BCUT2D eigenvalue weighted by Gasteiger charge is 2.16. The maximum atomic E-state index is 13.2. The Morgan fingerprint density at radius 1 is 1.39 bits per heavy atom. The fourth-order valence-electron chi connectivity index (χ4n) is 2.34. The number of alkyl halides is 1. The van der Waals surface area contributed by atoms with Gasteiger partial charge in [-0.25, -0.2) is 4.39 Å². The first-order valence-corrected chi connectivity index (χ1v) is 6.67. The van der Waals surface area contributed by atoms with Crippen LogP contribution in [0.15, 0.2) is 23.1 Å². The van der Waals surface area contributed by atoms with Crippen LogP contribution in [0.25, 0.3) is 5.70 Å². The molecule has 0 spiro atoms. The SMILES string of the molecule is C/C(S)=C(/N)c1ccc(N2CCCC2)c(CF)c1. The molecule has 2 rings (SSSR count). The molecule has 0 unspecified atom stereocenters. The van der Waals surface area contributed by atoms with Crippen LogP contribution in [0, 0.1) is 0 Å². The molecule has 1 heterocycles. The second kappa shape index (κ2) is 5.65. The molecule has 4 heteroatoms. The third-order valence-electron chi connectivity index (χ3n) is 3.37. The smallest absolute Gasteiger partial charge is 0.117 e. The van der Waals surface area contributed by atoms with E-state index in [1.54, 1.807) is 0 Å². The zero-order valence-corrected chi connectivity index (χ0v) is 11.5. The fourth-order valence-corrected chi connectivity index (χ4v) is 2.46. The van der Waals surface area contributed by atoms with Gasteiger partial charge in [0.05, 0.1) is 0 Å². The molecule has 0 aliphatic carbocycles. The lowest BCUT2D eigenvalue weighted by molar-refractivity contribution is 0.485. The maximum absolute atomic E-state index is 13.2. The van der Waals surface area contributed by atoms with E-state index in [1.165, 1.54) is 12.8 Å². The van der Waals surface area contributed by atoms with Gasteiger partial charge in [-0.15, -0.1) is 12.6 Å². The normalized spacial score (nSPS) is 16.9. The van der Waals surface area contributed by atoms with E-state index in [9.17, 15) is 4.39 Å². The predicted octanol–water partition coefficient (Wildman–Crippen LogP) is 3.33. The predicted molar refractivity (Wildman–Crippen MR) is 78.5 cm³/mol. The minimum Gasteiger partial charge on any atom is -0.398 e. The van der Waals surface area contributed by atoms with Gasteiger partial charge in [0.15, 0.2) is 0 Å². The highest BCUT2D eigenvalue weighted by molar-refractivity contribution is 7.84. The van der Waals surface area contributed by atoms with Crippen molar-refractivity contribution in [1.29, 1.82) is 0 Å². The van der Waals surface area contributed by atoms with Gasteiger partial charge >= 0.3 is 0 Å². The minimum atomic E-state index is -0.460. The molecule has 0 radical (unpaired) electrons. The minimum absolute atomic E-state index is 0.460. The Labute approximate surface area is 113 Å². The molecule has 1 fully saturated rings. The van der Waals surface area contributed by atoms with Gasteiger partial charge in [0.2, 0.25) is 0 Å². The van der Waals surface area contributed by atoms with E-state index in [0.717, 1.165) is 29.2 Å². The summed E-state index contributed by atoms with van der Waals surface area (Å²) in [6.07, 6.45) is 2.37. The second-order valence-electron chi connectivity index (χ2n) is 4.67. The summed E-state index contributed by atoms with van der Waals surface area (Å²) in [7, 11) is 0. The van der Waals surface area contributed by atoms with Crippen molar-refractivity contribution < 1.29 is 4.39 Å². The van der Waals surface area contributed by atoms with Crippen LogP contribution in [-0.4, -0.2) is 13.1 Å². The average molecular weight is 266 g/mol. The Kier molecular flexibility index (Phi) is 4.17. The second-order valence-corrected chi connectivity index (χ2v) is 5.34. The van der Waals surface area contributed by atoms with Crippen molar-refractivity contribution in [2.75, 3.05) is 18.0 Å². The van der Waals surface area contributed by atoms with Crippen LogP contribution in [0.1, 0.15) is 30.9 Å². The fraction of sp³-hybridized carbons (Fsp3) is 0.429. The van der Waals surface area contributed by atoms with Crippen LogP contribution in [0.3, 0.4) is 0 Å². The Morgan fingerprint density at radius 3 is 2.61 bits per heavy atom. The molecule has 0 atom stereocenters. The van der Waals surface area contributed by atoms with Crippen LogP contribution in [-0.2, 0) is 6.67 Å². The molecule has 0 saturated carbocycles. The highest BCUT2D eigenvalue weighted by Crippen LogP contribution is 2.28. The molecule has 98 valence electrons. The molecule has 0 amide bonds. The molecule has 1 aliphatic heterocycles. The van der Waals surface area contributed by atoms with Gasteiger partial charge in [-0.3, -0.25) is 0 Å². The zero-order valence-electron chi connectivity index (χ0n) is 10.6. The quantitative estimate of drug-likeness (QED) is 0.822. The summed E-state index contributed by atoms with van der Waals surface area (Å²) in [4.78, 5) is 3.00. The topological polar surface area (TPSA) is 29.3 Å². The van der Waals surface area contributed by atoms with E-state index < -0.39 is 6.67 Å². The van der Waals surface area contributed by atoms with Crippen molar-refractivity contribution in [3.05, 3.63) is 34.2 Å². The van der Waals surface area contributed by atoms with Crippen LogP contribution >= 0.6 is 12.6 Å². The van der Waals surface area contributed by atoms with Gasteiger partial charge in [0.1, 0.15) is 6.67 Å². The molecule has 1 aromatic carbocycles. The van der Waals surface area contributed by atoms with E-state index in [-0.39, 0.29) is 0 Å². The summed E-state index contributed by atoms with van der Waals surface area (Å²) >= 11 is 4.23. The number of anilines is 1. The lowest BCUT2D eigenvalue weighted by atomic mass is 10.1. The van der Waals surface area contributed by atoms with Gasteiger partial charge in [-0.05, 0) is 37.5 Å². The van der Waals surface area contributed by atoms with E-state index in [0.29, 0.717) is 11.3 Å². The lowest BCUT2D eigenvalue weighted by Gasteiger charge is -2.21. The zero-order chi connectivity index (χ0) is 13.1. The number of rotatable bonds is 3. The van der Waals surface area contributed by atoms with E-state index in [1.807, 2.05) is 25.1 Å². The number of hydrogen-bond acceptors (Lipinski definition) is 3. The van der Waals surface area contributed by atoms with Crippen molar-refractivity contribution in [2.24, 2.45) is 5.73 Å². The van der Waals surface area contributed by atoms with E-state index in [4.69, 9.17) is 5.73 Å². The molecule has 2 N–H and O–H groups in total. The molecule has 1 saturated heterocycles. The first-order chi connectivity index (χ1) is 8.63. The Morgan fingerprint density at radius 2 is 2.06 bits per heavy atom. The van der Waals surface area contributed by atoms with Crippen LogP contribution in [0.2, 0.25) is 0 Å². The molecule has 0 bridgehead atoms. The summed E-state index contributed by atoms with van der Waals surface area (Å²) in [5, 5.41) is 0. The van der Waals surface area contributed by atoms with Gasteiger partial charge in [0, 0.05) is 34.9 Å². The highest BCUT2D eigenvalue weighted by atomic mass is 32.1. The number of nitrogens with zero attached hydrogens (tertiary/aromatic N) is 1. The first-order valence-electron chi connectivity index (χ1n) is 6.23. The molecule has 0 aromatic heterocycles. The Balaban J connectivity index is 2.37. The van der Waals surface area contributed by atoms with Gasteiger partial charge in [-0.1, -0.05) is 6.07 Å². The summed E-state index contributed by atoms with van der Waals surface area (Å²) in [6, 6.07) is 5.75. The summed E-state index contributed by atoms with van der Waals surface area (Å²) in [5.41, 5.74) is 9.11. The standard InChI is InChI=1S/C14H19FN2S/c1-10(18)14(16)11-4-5-13(12(8-11)9-15)17-6-2-3-7-17/h4-5,8,18H,2-3,6-7,9,16H2,1H3/b14-10-. The molecule has 2 nitrogen and oxygen atoms in total. The monoisotopic (exact) mass is 266 g/mol. The number of nitrogens with two attached hydrogens (primary N) is 1. The van der Waals surface area contributed by atoms with Crippen molar-refractivity contribution >= 4 is 24.0 Å². The number of thiol groups is 1. The Hall–Kier alpha value is -1.16. The summed E-state index contributed by atoms with van der Waals surface area (Å²) < 4.78 is 13.2. The van der Waals surface area contributed by atoms with Crippen molar-refractivity contribution in [1.82, 2.24) is 0 Å². The molecular formula is C14H19FN2S. The molecule has 18 heavy (non-hydrogen) atoms. The van der Waals surface area contributed by atoms with Gasteiger partial charge in [-0.2, -0.15) is 0 Å². The van der Waals surface area contributed by atoms with Gasteiger partial charge < -0.3 is 10.6 Å². The number of hydrogen-bond donors (Lipinski definition) is 2. The van der Waals surface area contributed by atoms with Crippen LogP contribution < -0.4 is 10.6 Å². The molecule has 1 aromatic rings. The average Bonchev–Trinajstić information content (AvgIpc) is 2.90. The number of halogens is 1. The van der Waals surface area contributed by atoms with Crippen LogP contribution in [0.5, 0.6) is 0 Å². The van der Waals surface area contributed by atoms with Crippen molar-refractivity contribution in [2.45, 2.75) is 26.4 Å². The first kappa shape index (κ1) is 13.3. The maximum Gasteiger partial charge on any atom is 0.117 e. The van der Waals surface area contributed by atoms with E-state index >= 15 is 0 Å². The molecule has 1 aliphatic rings. The third-order valence-corrected chi connectivity index (χ3v) is 3.61. The largest absolute Gasteiger partial charge is 0.398 e. The number of allylic oxidation sites excluding steroid dienone is 1.